The Bertz CT molecular complexity index is 406. The van der Waals surface area contributed by atoms with Crippen LogP contribution in [0.15, 0.2) is 6.20 Å². The lowest BCUT2D eigenvalue weighted by Gasteiger charge is -2.25. The van der Waals surface area contributed by atoms with E-state index in [9.17, 15) is 0 Å². The van der Waals surface area contributed by atoms with Gasteiger partial charge in [-0.25, -0.2) is 9.97 Å². The topological polar surface area (TPSA) is 47.0 Å². The highest BCUT2D eigenvalue weighted by molar-refractivity contribution is 5.21. The molecule has 1 atom stereocenters. The van der Waals surface area contributed by atoms with Crippen molar-refractivity contribution in [2.45, 2.75) is 52.7 Å². The van der Waals surface area contributed by atoms with Gasteiger partial charge in [0.1, 0.15) is 6.61 Å². The van der Waals surface area contributed by atoms with Crippen molar-refractivity contribution in [1.29, 1.82) is 0 Å². The maximum absolute atomic E-state index is 5.36. The van der Waals surface area contributed by atoms with Gasteiger partial charge in [-0.15, -0.1) is 0 Å². The molecule has 2 rings (SSSR count). The van der Waals surface area contributed by atoms with Crippen LogP contribution in [0.4, 0.5) is 0 Å². The van der Waals surface area contributed by atoms with Crippen LogP contribution in [0, 0.1) is 5.92 Å². The van der Waals surface area contributed by atoms with E-state index in [0.29, 0.717) is 19.3 Å². The van der Waals surface area contributed by atoms with Crippen LogP contribution in [-0.4, -0.2) is 29.2 Å². The van der Waals surface area contributed by atoms with Crippen molar-refractivity contribution in [2.75, 3.05) is 13.2 Å². The van der Waals surface area contributed by atoms with Gasteiger partial charge in [0.05, 0.1) is 0 Å². The van der Waals surface area contributed by atoms with Gasteiger partial charge in [-0.1, -0.05) is 13.8 Å². The average molecular weight is 263 g/mol. The molecule has 0 radical (unpaired) electrons. The Balaban J connectivity index is 1.94. The first-order valence-electron chi connectivity index (χ1n) is 7.33. The van der Waals surface area contributed by atoms with Crippen LogP contribution in [0.2, 0.25) is 0 Å². The normalized spacial score (nSPS) is 18.6. The Morgan fingerprint density at radius 1 is 1.47 bits per heavy atom. The minimum atomic E-state index is 0.530. The zero-order valence-corrected chi connectivity index (χ0v) is 12.3. The van der Waals surface area contributed by atoms with Crippen LogP contribution in [0.25, 0.3) is 0 Å². The van der Waals surface area contributed by atoms with E-state index in [2.05, 4.69) is 29.1 Å². The lowest BCUT2D eigenvalue weighted by atomic mass is 9.87. The number of fused-ring (bicyclic) bond motifs is 1. The first-order chi connectivity index (χ1) is 9.19. The van der Waals surface area contributed by atoms with Gasteiger partial charge in [0.25, 0.3) is 0 Å². The number of aryl methyl sites for hydroxylation is 1. The molecule has 0 bridgehead atoms. The third-order valence-electron chi connectivity index (χ3n) is 3.55. The van der Waals surface area contributed by atoms with Crippen molar-refractivity contribution >= 4 is 0 Å². The molecular formula is C15H25N3O. The van der Waals surface area contributed by atoms with E-state index in [1.54, 1.807) is 0 Å². The van der Waals surface area contributed by atoms with E-state index in [1.165, 1.54) is 17.7 Å². The number of hydrogen-bond donors (Lipinski definition) is 1. The summed E-state index contributed by atoms with van der Waals surface area (Å²) in [6, 6.07) is 0.561. The highest BCUT2D eigenvalue weighted by Gasteiger charge is 2.20. The molecule has 1 aliphatic rings. The molecule has 0 aromatic carbocycles. The first kappa shape index (κ1) is 14.4. The molecule has 106 valence electrons. The van der Waals surface area contributed by atoms with Gasteiger partial charge in [-0.05, 0) is 44.2 Å². The average Bonchev–Trinajstić information content (AvgIpc) is 2.42. The predicted octanol–water partition coefficient (Wildman–Crippen LogP) is 2.12. The summed E-state index contributed by atoms with van der Waals surface area (Å²) in [5, 5.41) is 3.52. The molecule has 0 amide bonds. The predicted molar refractivity (Wildman–Crippen MR) is 76.0 cm³/mol. The molecule has 0 saturated heterocycles. The monoisotopic (exact) mass is 263 g/mol. The fraction of sp³-hybridized carbons (Fsp3) is 0.733. The van der Waals surface area contributed by atoms with Crippen LogP contribution in [0.1, 0.15) is 44.3 Å². The van der Waals surface area contributed by atoms with Gasteiger partial charge in [0.2, 0.25) is 0 Å². The molecule has 4 heteroatoms. The van der Waals surface area contributed by atoms with Crippen molar-refractivity contribution in [2.24, 2.45) is 5.92 Å². The standard InChI is InChI=1S/C15H25N3O/c1-4-19-10-15-17-9-13-7-12(8-16-11(2)3)5-6-14(13)18-15/h9,11-12,16H,4-8,10H2,1-3H3. The number of nitrogens with one attached hydrogen (secondary N) is 1. The molecule has 0 fully saturated rings. The molecule has 1 aliphatic carbocycles. The minimum Gasteiger partial charge on any atom is -0.374 e. The Labute approximate surface area is 116 Å². The summed E-state index contributed by atoms with van der Waals surface area (Å²) in [6.45, 7) is 8.72. The maximum Gasteiger partial charge on any atom is 0.154 e. The molecule has 1 aromatic heterocycles. The fourth-order valence-corrected chi connectivity index (χ4v) is 2.46. The van der Waals surface area contributed by atoms with Gasteiger partial charge in [0.15, 0.2) is 5.82 Å². The number of ether oxygens (including phenoxy) is 1. The Morgan fingerprint density at radius 3 is 3.05 bits per heavy atom. The highest BCUT2D eigenvalue weighted by atomic mass is 16.5. The van der Waals surface area contributed by atoms with E-state index in [1.807, 2.05) is 13.1 Å². The Hall–Kier alpha value is -1.00. The van der Waals surface area contributed by atoms with E-state index in [0.717, 1.165) is 31.1 Å². The van der Waals surface area contributed by atoms with Crippen molar-refractivity contribution in [3.8, 4) is 0 Å². The summed E-state index contributed by atoms with van der Waals surface area (Å²) >= 11 is 0. The van der Waals surface area contributed by atoms with Crippen LogP contribution in [0.3, 0.4) is 0 Å². The minimum absolute atomic E-state index is 0.530. The first-order valence-corrected chi connectivity index (χ1v) is 7.33. The highest BCUT2D eigenvalue weighted by Crippen LogP contribution is 2.23. The zero-order valence-electron chi connectivity index (χ0n) is 12.3. The third kappa shape index (κ3) is 4.25. The summed E-state index contributed by atoms with van der Waals surface area (Å²) in [7, 11) is 0. The molecule has 1 heterocycles. The second kappa shape index (κ2) is 6.96. The molecular weight excluding hydrogens is 238 g/mol. The van der Waals surface area contributed by atoms with Crippen molar-refractivity contribution in [3.63, 3.8) is 0 Å². The van der Waals surface area contributed by atoms with E-state index in [-0.39, 0.29) is 0 Å². The molecule has 1 unspecified atom stereocenters. The second-order valence-electron chi connectivity index (χ2n) is 5.57. The van der Waals surface area contributed by atoms with Crippen molar-refractivity contribution in [3.05, 3.63) is 23.3 Å². The zero-order chi connectivity index (χ0) is 13.7. The summed E-state index contributed by atoms with van der Waals surface area (Å²) < 4.78 is 5.36. The van der Waals surface area contributed by atoms with E-state index >= 15 is 0 Å². The van der Waals surface area contributed by atoms with Crippen molar-refractivity contribution in [1.82, 2.24) is 15.3 Å². The molecule has 4 nitrogen and oxygen atoms in total. The lowest BCUT2D eigenvalue weighted by molar-refractivity contribution is 0.128. The van der Waals surface area contributed by atoms with Crippen LogP contribution in [-0.2, 0) is 24.2 Å². The lowest BCUT2D eigenvalue weighted by Crippen LogP contribution is -2.32. The summed E-state index contributed by atoms with van der Waals surface area (Å²) in [4.78, 5) is 9.03. The van der Waals surface area contributed by atoms with E-state index < -0.39 is 0 Å². The molecule has 1 N–H and O–H groups in total. The van der Waals surface area contributed by atoms with Gasteiger partial charge in [-0.3, -0.25) is 0 Å². The van der Waals surface area contributed by atoms with Crippen LogP contribution in [0.5, 0.6) is 0 Å². The fourth-order valence-electron chi connectivity index (χ4n) is 2.46. The van der Waals surface area contributed by atoms with Gasteiger partial charge in [0, 0.05) is 24.5 Å². The Kier molecular flexibility index (Phi) is 5.28. The smallest absolute Gasteiger partial charge is 0.154 e. The second-order valence-corrected chi connectivity index (χ2v) is 5.57. The molecule has 0 saturated carbocycles. The molecule has 1 aromatic rings. The van der Waals surface area contributed by atoms with Gasteiger partial charge >= 0.3 is 0 Å². The molecule has 19 heavy (non-hydrogen) atoms. The molecule has 0 aliphatic heterocycles. The van der Waals surface area contributed by atoms with Crippen LogP contribution < -0.4 is 5.32 Å². The van der Waals surface area contributed by atoms with Crippen molar-refractivity contribution < 1.29 is 4.74 Å². The number of hydrogen-bond acceptors (Lipinski definition) is 4. The number of aromatic nitrogens is 2. The van der Waals surface area contributed by atoms with Crippen LogP contribution >= 0.6 is 0 Å². The summed E-state index contributed by atoms with van der Waals surface area (Å²) in [5.74, 6) is 1.54. The largest absolute Gasteiger partial charge is 0.374 e. The number of rotatable bonds is 6. The quantitative estimate of drug-likeness (QED) is 0.854. The maximum atomic E-state index is 5.36. The summed E-state index contributed by atoms with van der Waals surface area (Å²) in [6.07, 6.45) is 5.39. The number of nitrogens with zero attached hydrogens (tertiary/aromatic N) is 2. The van der Waals surface area contributed by atoms with Gasteiger partial charge in [-0.2, -0.15) is 0 Å². The van der Waals surface area contributed by atoms with Gasteiger partial charge < -0.3 is 10.1 Å². The Morgan fingerprint density at radius 2 is 2.32 bits per heavy atom. The SMILES string of the molecule is CCOCc1ncc2c(n1)CCC(CNC(C)C)C2. The third-order valence-corrected chi connectivity index (χ3v) is 3.55. The molecule has 0 spiro atoms. The summed E-state index contributed by atoms with van der Waals surface area (Å²) in [5.41, 5.74) is 2.55. The van der Waals surface area contributed by atoms with E-state index in [4.69, 9.17) is 4.74 Å².